The van der Waals surface area contributed by atoms with E-state index in [0.717, 1.165) is 12.1 Å². The van der Waals surface area contributed by atoms with Crippen LogP contribution >= 0.6 is 0 Å². The summed E-state index contributed by atoms with van der Waals surface area (Å²) in [5.74, 6) is -2.43. The van der Waals surface area contributed by atoms with Crippen molar-refractivity contribution in [1.82, 2.24) is 4.98 Å². The summed E-state index contributed by atoms with van der Waals surface area (Å²) in [6, 6.07) is 2.19. The molecule has 0 fully saturated rings. The second kappa shape index (κ2) is 4.99. The molecule has 0 unspecified atom stereocenters. The van der Waals surface area contributed by atoms with Gasteiger partial charge in [0.05, 0.1) is 5.69 Å². The zero-order chi connectivity index (χ0) is 13.9. The number of hydrogen-bond donors (Lipinski definition) is 2. The first-order valence-corrected chi connectivity index (χ1v) is 5.09. The summed E-state index contributed by atoms with van der Waals surface area (Å²) in [6.45, 7) is 4.98. The van der Waals surface area contributed by atoms with Crippen LogP contribution in [0.15, 0.2) is 12.1 Å². The van der Waals surface area contributed by atoms with Gasteiger partial charge in [0.25, 0.3) is 0 Å². The van der Waals surface area contributed by atoms with Gasteiger partial charge < -0.3 is 9.84 Å². The lowest BCUT2D eigenvalue weighted by Gasteiger charge is -2.19. The average Bonchev–Trinajstić information content (AvgIpc) is 2.17. The highest BCUT2D eigenvalue weighted by Gasteiger charge is 2.18. The summed E-state index contributed by atoms with van der Waals surface area (Å²) in [4.78, 5) is 25.1. The van der Waals surface area contributed by atoms with Gasteiger partial charge in [-0.3, -0.25) is 5.32 Å². The van der Waals surface area contributed by atoms with E-state index in [1.165, 1.54) is 0 Å². The van der Waals surface area contributed by atoms with E-state index < -0.39 is 29.3 Å². The number of aromatic nitrogens is 1. The van der Waals surface area contributed by atoms with Crippen molar-refractivity contribution < 1.29 is 23.8 Å². The van der Waals surface area contributed by atoms with Gasteiger partial charge in [-0.05, 0) is 32.9 Å². The van der Waals surface area contributed by atoms with Crippen LogP contribution in [0.2, 0.25) is 0 Å². The van der Waals surface area contributed by atoms with Gasteiger partial charge in [0.1, 0.15) is 5.60 Å². The summed E-state index contributed by atoms with van der Waals surface area (Å²) in [5.41, 5.74) is -1.40. The summed E-state index contributed by atoms with van der Waals surface area (Å²) >= 11 is 0. The minimum Gasteiger partial charge on any atom is -0.477 e. The van der Waals surface area contributed by atoms with Crippen molar-refractivity contribution in [2.24, 2.45) is 0 Å². The van der Waals surface area contributed by atoms with E-state index in [2.05, 4.69) is 10.3 Å². The van der Waals surface area contributed by atoms with E-state index in [1.807, 2.05) is 0 Å². The standard InChI is InChI=1S/C11H13FN2O4/c1-11(2,3)18-10(17)14-6-4-5-7(9(15)16)13-8(6)12/h4-5H,1-3H3,(H,14,17)(H,15,16). The molecule has 0 aliphatic heterocycles. The Labute approximate surface area is 103 Å². The zero-order valence-electron chi connectivity index (χ0n) is 10.2. The van der Waals surface area contributed by atoms with E-state index in [-0.39, 0.29) is 5.69 Å². The van der Waals surface area contributed by atoms with Crippen LogP contribution in [0.3, 0.4) is 0 Å². The smallest absolute Gasteiger partial charge is 0.412 e. The molecule has 98 valence electrons. The van der Waals surface area contributed by atoms with Crippen molar-refractivity contribution >= 4 is 17.7 Å². The number of nitrogens with zero attached hydrogens (tertiary/aromatic N) is 1. The van der Waals surface area contributed by atoms with Gasteiger partial charge in [-0.25, -0.2) is 14.6 Å². The summed E-state index contributed by atoms with van der Waals surface area (Å²) in [6.07, 6.45) is -0.841. The average molecular weight is 256 g/mol. The third-order valence-corrected chi connectivity index (χ3v) is 1.70. The molecule has 2 N–H and O–H groups in total. The quantitative estimate of drug-likeness (QED) is 0.792. The van der Waals surface area contributed by atoms with E-state index in [4.69, 9.17) is 9.84 Å². The number of carbonyl (C=O) groups excluding carboxylic acids is 1. The number of anilines is 1. The van der Waals surface area contributed by atoms with Gasteiger partial charge in [-0.15, -0.1) is 0 Å². The Morgan fingerprint density at radius 3 is 2.44 bits per heavy atom. The van der Waals surface area contributed by atoms with Gasteiger partial charge in [0, 0.05) is 0 Å². The van der Waals surface area contributed by atoms with Crippen molar-refractivity contribution in [3.05, 3.63) is 23.8 Å². The minimum absolute atomic E-state index is 0.241. The third kappa shape index (κ3) is 4.00. The van der Waals surface area contributed by atoms with Gasteiger partial charge in [0.2, 0.25) is 5.95 Å². The van der Waals surface area contributed by atoms with Gasteiger partial charge >= 0.3 is 12.1 Å². The molecule has 0 saturated heterocycles. The lowest BCUT2D eigenvalue weighted by Crippen LogP contribution is -2.27. The Hall–Kier alpha value is -2.18. The molecule has 7 heteroatoms. The summed E-state index contributed by atoms with van der Waals surface area (Å²) < 4.78 is 18.3. The first-order chi connectivity index (χ1) is 8.19. The fraction of sp³-hybridized carbons (Fsp3) is 0.364. The molecule has 1 aromatic heterocycles. The van der Waals surface area contributed by atoms with Crippen molar-refractivity contribution in [2.45, 2.75) is 26.4 Å². The molecule has 1 aromatic rings. The second-order valence-electron chi connectivity index (χ2n) is 4.47. The molecule has 1 rings (SSSR count). The van der Waals surface area contributed by atoms with Crippen LogP contribution < -0.4 is 5.32 Å². The molecule has 0 aliphatic carbocycles. The Morgan fingerprint density at radius 1 is 1.39 bits per heavy atom. The predicted octanol–water partition coefficient (Wildman–Crippen LogP) is 2.27. The van der Waals surface area contributed by atoms with Crippen LogP contribution in [0.1, 0.15) is 31.3 Å². The van der Waals surface area contributed by atoms with Crippen LogP contribution in [0.25, 0.3) is 0 Å². The molecule has 0 atom stereocenters. The maximum Gasteiger partial charge on any atom is 0.412 e. The Bertz CT molecular complexity index is 482. The van der Waals surface area contributed by atoms with Crippen LogP contribution in [-0.4, -0.2) is 27.8 Å². The molecule has 0 spiro atoms. The topological polar surface area (TPSA) is 88.5 Å². The van der Waals surface area contributed by atoms with Crippen LogP contribution in [-0.2, 0) is 4.74 Å². The van der Waals surface area contributed by atoms with Gasteiger partial charge in [-0.1, -0.05) is 0 Å². The largest absolute Gasteiger partial charge is 0.477 e. The fourth-order valence-electron chi connectivity index (χ4n) is 1.06. The Morgan fingerprint density at radius 2 is 2.00 bits per heavy atom. The number of carboxylic acid groups (broad SMARTS) is 1. The number of amides is 1. The minimum atomic E-state index is -1.35. The maximum absolute atomic E-state index is 13.4. The number of carboxylic acids is 1. The lowest BCUT2D eigenvalue weighted by atomic mass is 10.2. The normalized spacial score (nSPS) is 10.9. The highest BCUT2D eigenvalue weighted by atomic mass is 19.1. The number of halogens is 1. The molecule has 6 nitrogen and oxygen atoms in total. The monoisotopic (exact) mass is 256 g/mol. The predicted molar refractivity (Wildman–Crippen MR) is 61.0 cm³/mol. The van der Waals surface area contributed by atoms with Crippen LogP contribution in [0.5, 0.6) is 0 Å². The van der Waals surface area contributed by atoms with Crippen molar-refractivity contribution in [2.75, 3.05) is 5.32 Å². The van der Waals surface area contributed by atoms with E-state index in [1.54, 1.807) is 20.8 Å². The van der Waals surface area contributed by atoms with E-state index in [9.17, 15) is 14.0 Å². The van der Waals surface area contributed by atoms with E-state index in [0.29, 0.717) is 0 Å². The maximum atomic E-state index is 13.4. The second-order valence-corrected chi connectivity index (χ2v) is 4.47. The molecule has 0 aromatic carbocycles. The van der Waals surface area contributed by atoms with Crippen LogP contribution in [0, 0.1) is 5.95 Å². The molecule has 18 heavy (non-hydrogen) atoms. The number of ether oxygens (including phenoxy) is 1. The number of nitrogens with one attached hydrogen (secondary N) is 1. The molecule has 0 radical (unpaired) electrons. The molecule has 0 saturated carbocycles. The van der Waals surface area contributed by atoms with Crippen molar-refractivity contribution in [3.8, 4) is 0 Å². The molecular formula is C11H13FN2O4. The van der Waals surface area contributed by atoms with Gasteiger partial charge in [-0.2, -0.15) is 4.39 Å². The number of hydrogen-bond acceptors (Lipinski definition) is 4. The first-order valence-electron chi connectivity index (χ1n) is 5.09. The fourth-order valence-corrected chi connectivity index (χ4v) is 1.06. The lowest BCUT2D eigenvalue weighted by molar-refractivity contribution is 0.0634. The van der Waals surface area contributed by atoms with Crippen molar-refractivity contribution in [1.29, 1.82) is 0 Å². The van der Waals surface area contributed by atoms with Gasteiger partial charge in [0.15, 0.2) is 5.69 Å². The summed E-state index contributed by atoms with van der Waals surface area (Å²) in [5, 5.41) is 10.7. The Kier molecular flexibility index (Phi) is 3.85. The number of pyridine rings is 1. The highest BCUT2D eigenvalue weighted by Crippen LogP contribution is 2.14. The number of aromatic carboxylic acids is 1. The van der Waals surface area contributed by atoms with Crippen molar-refractivity contribution in [3.63, 3.8) is 0 Å². The van der Waals surface area contributed by atoms with E-state index >= 15 is 0 Å². The SMILES string of the molecule is CC(C)(C)OC(=O)Nc1ccc(C(=O)O)nc1F. The first kappa shape index (κ1) is 13.9. The number of rotatable bonds is 2. The zero-order valence-corrected chi connectivity index (χ0v) is 10.2. The van der Waals surface area contributed by atoms with Crippen LogP contribution in [0.4, 0.5) is 14.9 Å². The third-order valence-electron chi connectivity index (χ3n) is 1.70. The molecule has 1 amide bonds. The summed E-state index contributed by atoms with van der Waals surface area (Å²) in [7, 11) is 0. The molecule has 0 bridgehead atoms. The molecule has 0 aliphatic rings. The highest BCUT2D eigenvalue weighted by molar-refractivity contribution is 5.87. The molecule has 1 heterocycles. The Balaban J connectivity index is 2.80. The number of carbonyl (C=O) groups is 2. The molecular weight excluding hydrogens is 243 g/mol.